The molecule has 3 N–H and O–H groups in total. The molecule has 2 aromatic rings. The van der Waals surface area contributed by atoms with Crippen LogP contribution in [0.1, 0.15) is 15.9 Å². The lowest BCUT2D eigenvalue weighted by molar-refractivity contribution is -0.385. The van der Waals surface area contributed by atoms with Gasteiger partial charge in [0.2, 0.25) is 0 Å². The standard InChI is InChI=1S/C11H12N6O3/c1-16-6-7(4-15-16)3-14-11(18)8-2-10(12)13-5-9(8)17(19)20/h2,4-6H,3H2,1H3,(H2,12,13)(H,14,18). The number of nitrogens with two attached hydrogens (primary N) is 1. The Kier molecular flexibility index (Phi) is 3.60. The van der Waals surface area contributed by atoms with E-state index >= 15 is 0 Å². The second-order valence-corrected chi connectivity index (χ2v) is 4.09. The SMILES string of the molecule is Cn1cc(CNC(=O)c2cc(N)ncc2[N+](=O)[O-])cn1. The first-order chi connectivity index (χ1) is 9.47. The predicted molar refractivity (Wildman–Crippen MR) is 69.7 cm³/mol. The highest BCUT2D eigenvalue weighted by Crippen LogP contribution is 2.18. The van der Waals surface area contributed by atoms with Gasteiger partial charge in [-0.05, 0) is 6.07 Å². The largest absolute Gasteiger partial charge is 0.384 e. The van der Waals surface area contributed by atoms with Gasteiger partial charge in [0, 0.05) is 25.4 Å². The average Bonchev–Trinajstić information content (AvgIpc) is 2.81. The number of pyridine rings is 1. The number of carbonyl (C=O) groups is 1. The summed E-state index contributed by atoms with van der Waals surface area (Å²) in [7, 11) is 1.75. The first-order valence-corrected chi connectivity index (χ1v) is 5.63. The lowest BCUT2D eigenvalue weighted by Crippen LogP contribution is -2.23. The van der Waals surface area contributed by atoms with E-state index in [0.29, 0.717) is 0 Å². The van der Waals surface area contributed by atoms with E-state index in [1.54, 1.807) is 24.1 Å². The zero-order valence-electron chi connectivity index (χ0n) is 10.6. The molecule has 2 heterocycles. The summed E-state index contributed by atoms with van der Waals surface area (Å²) in [4.78, 5) is 25.8. The van der Waals surface area contributed by atoms with Crippen LogP contribution in [0, 0.1) is 10.1 Å². The highest BCUT2D eigenvalue weighted by molar-refractivity contribution is 5.98. The second kappa shape index (κ2) is 5.34. The van der Waals surface area contributed by atoms with Crippen LogP contribution in [0.3, 0.4) is 0 Å². The summed E-state index contributed by atoms with van der Waals surface area (Å²) in [6.45, 7) is 0.214. The summed E-state index contributed by atoms with van der Waals surface area (Å²) in [5.74, 6) is -0.545. The van der Waals surface area contributed by atoms with Gasteiger partial charge < -0.3 is 11.1 Å². The average molecular weight is 276 g/mol. The van der Waals surface area contributed by atoms with Crippen LogP contribution in [0.2, 0.25) is 0 Å². The minimum atomic E-state index is -0.675. The number of hydrogen-bond donors (Lipinski definition) is 2. The Labute approximate surface area is 113 Å². The van der Waals surface area contributed by atoms with Crippen molar-refractivity contribution in [1.82, 2.24) is 20.1 Å². The maximum absolute atomic E-state index is 12.0. The maximum atomic E-state index is 12.0. The van der Waals surface area contributed by atoms with Gasteiger partial charge in [-0.2, -0.15) is 5.10 Å². The molecule has 0 aliphatic carbocycles. The topological polar surface area (TPSA) is 129 Å². The zero-order valence-corrected chi connectivity index (χ0v) is 10.6. The number of nitro groups is 1. The maximum Gasteiger partial charge on any atom is 0.300 e. The molecule has 0 atom stereocenters. The molecule has 0 aromatic carbocycles. The fourth-order valence-corrected chi connectivity index (χ4v) is 1.63. The molecular weight excluding hydrogens is 264 g/mol. The van der Waals surface area contributed by atoms with Crippen molar-refractivity contribution in [1.29, 1.82) is 0 Å². The highest BCUT2D eigenvalue weighted by Gasteiger charge is 2.21. The van der Waals surface area contributed by atoms with E-state index in [0.717, 1.165) is 11.8 Å². The normalized spacial score (nSPS) is 10.2. The van der Waals surface area contributed by atoms with Crippen molar-refractivity contribution >= 4 is 17.4 Å². The van der Waals surface area contributed by atoms with Crippen molar-refractivity contribution in [3.8, 4) is 0 Å². The fraction of sp³-hybridized carbons (Fsp3) is 0.182. The van der Waals surface area contributed by atoms with Crippen LogP contribution in [0.5, 0.6) is 0 Å². The van der Waals surface area contributed by atoms with Crippen molar-refractivity contribution in [3.63, 3.8) is 0 Å². The third kappa shape index (κ3) is 2.88. The van der Waals surface area contributed by atoms with Gasteiger partial charge in [-0.25, -0.2) is 4.98 Å². The molecule has 0 aliphatic heterocycles. The molecule has 9 heteroatoms. The number of amides is 1. The Hall–Kier alpha value is -2.97. The van der Waals surface area contributed by atoms with Gasteiger partial charge in [-0.3, -0.25) is 19.6 Å². The number of hydrogen-bond acceptors (Lipinski definition) is 6. The van der Waals surface area contributed by atoms with E-state index in [9.17, 15) is 14.9 Å². The Morgan fingerprint density at radius 1 is 1.55 bits per heavy atom. The summed E-state index contributed by atoms with van der Waals surface area (Å²) in [6, 6.07) is 1.18. The van der Waals surface area contributed by atoms with Crippen molar-refractivity contribution < 1.29 is 9.72 Å². The van der Waals surface area contributed by atoms with Crippen LogP contribution in [-0.4, -0.2) is 25.6 Å². The number of anilines is 1. The van der Waals surface area contributed by atoms with Crippen molar-refractivity contribution in [2.24, 2.45) is 7.05 Å². The number of aryl methyl sites for hydroxylation is 1. The molecule has 2 rings (SSSR count). The third-order valence-corrected chi connectivity index (χ3v) is 2.56. The molecule has 2 aromatic heterocycles. The number of nitrogens with one attached hydrogen (secondary N) is 1. The molecule has 0 aliphatic rings. The van der Waals surface area contributed by atoms with Gasteiger partial charge in [0.15, 0.2) is 0 Å². The van der Waals surface area contributed by atoms with Crippen molar-refractivity contribution in [3.05, 3.63) is 45.9 Å². The number of aromatic nitrogens is 3. The Balaban J connectivity index is 2.16. The Morgan fingerprint density at radius 3 is 2.90 bits per heavy atom. The molecule has 9 nitrogen and oxygen atoms in total. The summed E-state index contributed by atoms with van der Waals surface area (Å²) >= 11 is 0. The van der Waals surface area contributed by atoms with E-state index in [-0.39, 0.29) is 23.6 Å². The summed E-state index contributed by atoms with van der Waals surface area (Å²) in [6.07, 6.45) is 4.29. The molecule has 0 saturated carbocycles. The molecule has 20 heavy (non-hydrogen) atoms. The smallest absolute Gasteiger partial charge is 0.300 e. The molecule has 0 bridgehead atoms. The van der Waals surface area contributed by atoms with Crippen molar-refractivity contribution in [2.45, 2.75) is 6.54 Å². The van der Waals surface area contributed by atoms with Crippen LogP contribution in [-0.2, 0) is 13.6 Å². The van der Waals surface area contributed by atoms with E-state index < -0.39 is 10.8 Å². The lowest BCUT2D eigenvalue weighted by atomic mass is 10.2. The highest BCUT2D eigenvalue weighted by atomic mass is 16.6. The molecular formula is C11H12N6O3. The number of carbonyl (C=O) groups excluding carboxylic acids is 1. The van der Waals surface area contributed by atoms with Gasteiger partial charge in [0.1, 0.15) is 17.6 Å². The number of rotatable bonds is 4. The van der Waals surface area contributed by atoms with E-state index in [1.165, 1.54) is 6.07 Å². The van der Waals surface area contributed by atoms with Crippen LogP contribution < -0.4 is 11.1 Å². The molecule has 0 fully saturated rings. The van der Waals surface area contributed by atoms with Crippen molar-refractivity contribution in [2.75, 3.05) is 5.73 Å². The number of nitrogen functional groups attached to an aromatic ring is 1. The summed E-state index contributed by atoms with van der Waals surface area (Å²) in [5.41, 5.74) is 5.73. The van der Waals surface area contributed by atoms with Crippen LogP contribution in [0.4, 0.5) is 11.5 Å². The van der Waals surface area contributed by atoms with E-state index in [4.69, 9.17) is 5.73 Å². The molecule has 0 radical (unpaired) electrons. The van der Waals surface area contributed by atoms with Gasteiger partial charge in [-0.1, -0.05) is 0 Å². The Bertz CT molecular complexity index is 666. The Morgan fingerprint density at radius 2 is 2.30 bits per heavy atom. The molecule has 104 valence electrons. The van der Waals surface area contributed by atoms with Crippen LogP contribution in [0.15, 0.2) is 24.7 Å². The third-order valence-electron chi connectivity index (χ3n) is 2.56. The zero-order chi connectivity index (χ0) is 14.7. The monoisotopic (exact) mass is 276 g/mol. The van der Waals surface area contributed by atoms with E-state index in [2.05, 4.69) is 15.4 Å². The van der Waals surface area contributed by atoms with Gasteiger partial charge in [-0.15, -0.1) is 0 Å². The lowest BCUT2D eigenvalue weighted by Gasteiger charge is -2.05. The molecule has 0 spiro atoms. The fourth-order valence-electron chi connectivity index (χ4n) is 1.63. The second-order valence-electron chi connectivity index (χ2n) is 4.09. The van der Waals surface area contributed by atoms with E-state index in [1.807, 2.05) is 0 Å². The minimum absolute atomic E-state index is 0.0436. The first kappa shape index (κ1) is 13.5. The predicted octanol–water partition coefficient (Wildman–Crippen LogP) is 0.235. The molecule has 0 saturated heterocycles. The van der Waals surface area contributed by atoms with Crippen LogP contribution >= 0.6 is 0 Å². The number of nitrogens with zero attached hydrogens (tertiary/aromatic N) is 4. The van der Waals surface area contributed by atoms with Gasteiger partial charge in [0.25, 0.3) is 11.6 Å². The minimum Gasteiger partial charge on any atom is -0.384 e. The molecule has 0 unspecified atom stereocenters. The quantitative estimate of drug-likeness (QED) is 0.607. The van der Waals surface area contributed by atoms with Crippen LogP contribution in [0.25, 0.3) is 0 Å². The summed E-state index contributed by atoms with van der Waals surface area (Å²) < 4.78 is 1.59. The summed E-state index contributed by atoms with van der Waals surface area (Å²) in [5, 5.41) is 17.4. The molecule has 1 amide bonds. The van der Waals surface area contributed by atoms with Gasteiger partial charge in [0.05, 0.1) is 11.1 Å². The van der Waals surface area contributed by atoms with Gasteiger partial charge >= 0.3 is 0 Å². The first-order valence-electron chi connectivity index (χ1n) is 5.63.